The minimum atomic E-state index is -0.349. The number of nitrogens with one attached hydrogen (secondary N) is 2. The molecule has 2 amide bonds. The van der Waals surface area contributed by atoms with Gasteiger partial charge in [-0.2, -0.15) is 5.26 Å². The van der Waals surface area contributed by atoms with Gasteiger partial charge in [0.05, 0.1) is 23.4 Å². The highest BCUT2D eigenvalue weighted by Gasteiger charge is 2.28. The molecule has 1 atom stereocenters. The number of hydrogen-bond acceptors (Lipinski definition) is 5. The number of amides is 2. The van der Waals surface area contributed by atoms with Crippen LogP contribution in [0.25, 0.3) is 0 Å². The molecular formula is C21H23N5O3. The quantitative estimate of drug-likeness (QED) is 0.810. The molecule has 8 heteroatoms. The molecule has 0 radical (unpaired) electrons. The zero-order chi connectivity index (χ0) is 20.2. The van der Waals surface area contributed by atoms with E-state index in [0.29, 0.717) is 30.8 Å². The monoisotopic (exact) mass is 393 g/mol. The van der Waals surface area contributed by atoms with Crippen molar-refractivity contribution in [2.45, 2.75) is 44.8 Å². The zero-order valence-electron chi connectivity index (χ0n) is 16.1. The van der Waals surface area contributed by atoms with Crippen molar-refractivity contribution in [1.82, 2.24) is 14.9 Å². The first-order valence-corrected chi connectivity index (χ1v) is 9.96. The largest absolute Gasteiger partial charge is 0.376 e. The summed E-state index contributed by atoms with van der Waals surface area (Å²) < 4.78 is 7.42. The maximum atomic E-state index is 12.8. The number of fused-ring (bicyclic) bond motifs is 1. The van der Waals surface area contributed by atoms with Crippen LogP contribution in [0.15, 0.2) is 24.3 Å². The molecule has 4 rings (SSSR count). The van der Waals surface area contributed by atoms with Gasteiger partial charge in [0.2, 0.25) is 0 Å². The third-order valence-electron chi connectivity index (χ3n) is 5.32. The average Bonchev–Trinajstić information content (AvgIpc) is 3.40. The number of imidazole rings is 1. The normalized spacial score (nSPS) is 18.0. The molecule has 2 aliphatic heterocycles. The van der Waals surface area contributed by atoms with Crippen molar-refractivity contribution >= 4 is 17.5 Å². The minimum Gasteiger partial charge on any atom is -0.376 e. The van der Waals surface area contributed by atoms with E-state index >= 15 is 0 Å². The summed E-state index contributed by atoms with van der Waals surface area (Å²) in [6.07, 6.45) is 4.62. The van der Waals surface area contributed by atoms with E-state index in [1.165, 1.54) is 0 Å². The van der Waals surface area contributed by atoms with E-state index < -0.39 is 0 Å². The van der Waals surface area contributed by atoms with E-state index in [1.54, 1.807) is 24.3 Å². The SMILES string of the molecule is N#Cc1ccc(NC(=O)c2nc(C(=O)NCC3CCCO3)n3c2CCCC3)cc1. The lowest BCUT2D eigenvalue weighted by atomic mass is 10.1. The van der Waals surface area contributed by atoms with E-state index in [2.05, 4.69) is 15.6 Å². The number of carbonyl (C=O) groups is 2. The van der Waals surface area contributed by atoms with Crippen LogP contribution < -0.4 is 10.6 Å². The van der Waals surface area contributed by atoms with Crippen molar-refractivity contribution in [1.29, 1.82) is 5.26 Å². The van der Waals surface area contributed by atoms with Crippen LogP contribution >= 0.6 is 0 Å². The van der Waals surface area contributed by atoms with Crippen molar-refractivity contribution in [2.24, 2.45) is 0 Å². The Labute approximate surface area is 168 Å². The fourth-order valence-corrected chi connectivity index (χ4v) is 3.81. The minimum absolute atomic E-state index is 0.0499. The van der Waals surface area contributed by atoms with Crippen molar-refractivity contribution in [2.75, 3.05) is 18.5 Å². The molecule has 150 valence electrons. The Bertz CT molecular complexity index is 952. The fraction of sp³-hybridized carbons (Fsp3) is 0.429. The first-order chi connectivity index (χ1) is 14.2. The molecular weight excluding hydrogens is 370 g/mol. The molecule has 0 bridgehead atoms. The highest BCUT2D eigenvalue weighted by Crippen LogP contribution is 2.22. The van der Waals surface area contributed by atoms with Gasteiger partial charge in [-0.1, -0.05) is 0 Å². The molecule has 0 saturated carbocycles. The molecule has 2 N–H and O–H groups in total. The molecule has 1 unspecified atom stereocenters. The van der Waals surface area contributed by atoms with Crippen LogP contribution in [0, 0.1) is 11.3 Å². The molecule has 2 aromatic rings. The number of nitriles is 1. The van der Waals surface area contributed by atoms with Gasteiger partial charge in [0.15, 0.2) is 11.5 Å². The molecule has 1 aromatic heterocycles. The summed E-state index contributed by atoms with van der Waals surface area (Å²) >= 11 is 0. The molecule has 0 aliphatic carbocycles. The van der Waals surface area contributed by atoms with Crippen molar-refractivity contribution in [3.05, 3.63) is 47.0 Å². The van der Waals surface area contributed by atoms with Crippen LogP contribution in [0.4, 0.5) is 5.69 Å². The van der Waals surface area contributed by atoms with E-state index in [0.717, 1.165) is 38.0 Å². The zero-order valence-corrected chi connectivity index (χ0v) is 16.1. The Hall–Kier alpha value is -3.18. The van der Waals surface area contributed by atoms with Gasteiger partial charge >= 0.3 is 0 Å². The molecule has 0 spiro atoms. The number of benzene rings is 1. The second-order valence-corrected chi connectivity index (χ2v) is 7.33. The summed E-state index contributed by atoms with van der Waals surface area (Å²) in [7, 11) is 0. The van der Waals surface area contributed by atoms with Gasteiger partial charge in [-0.15, -0.1) is 0 Å². The van der Waals surface area contributed by atoms with E-state index in [-0.39, 0.29) is 29.4 Å². The number of anilines is 1. The van der Waals surface area contributed by atoms with Gasteiger partial charge in [0.1, 0.15) is 0 Å². The molecule has 1 fully saturated rings. The second kappa shape index (κ2) is 8.45. The van der Waals surface area contributed by atoms with Crippen LogP contribution in [0.1, 0.15) is 58.0 Å². The number of rotatable bonds is 5. The number of nitrogens with zero attached hydrogens (tertiary/aromatic N) is 3. The Morgan fingerprint density at radius 1 is 1.21 bits per heavy atom. The summed E-state index contributed by atoms with van der Waals surface area (Å²) in [5.41, 5.74) is 2.18. The van der Waals surface area contributed by atoms with Crippen LogP contribution in [-0.2, 0) is 17.7 Å². The number of ether oxygens (including phenoxy) is 1. The lowest BCUT2D eigenvalue weighted by molar-refractivity contribution is 0.0845. The van der Waals surface area contributed by atoms with E-state index in [4.69, 9.17) is 10.00 Å². The summed E-state index contributed by atoms with van der Waals surface area (Å²) in [6, 6.07) is 8.68. The maximum absolute atomic E-state index is 12.8. The lowest BCUT2D eigenvalue weighted by Crippen LogP contribution is -2.34. The summed E-state index contributed by atoms with van der Waals surface area (Å²) in [5, 5.41) is 14.6. The topological polar surface area (TPSA) is 109 Å². The summed E-state index contributed by atoms with van der Waals surface area (Å²) in [4.78, 5) is 30.0. The van der Waals surface area contributed by atoms with E-state index in [9.17, 15) is 9.59 Å². The fourth-order valence-electron chi connectivity index (χ4n) is 3.81. The third-order valence-corrected chi connectivity index (χ3v) is 5.32. The predicted molar refractivity (Wildman–Crippen MR) is 106 cm³/mol. The van der Waals surface area contributed by atoms with Crippen molar-refractivity contribution < 1.29 is 14.3 Å². The standard InChI is InChI=1S/C21H23N5O3/c22-12-14-6-8-15(9-7-14)24-20(27)18-17-5-1-2-10-26(17)19(25-18)21(28)23-13-16-4-3-11-29-16/h6-9,16H,1-5,10-11,13H2,(H,23,28)(H,24,27). The van der Waals surface area contributed by atoms with Gasteiger partial charge in [-0.25, -0.2) is 4.98 Å². The van der Waals surface area contributed by atoms with Crippen LogP contribution in [0.3, 0.4) is 0 Å². The summed E-state index contributed by atoms with van der Waals surface area (Å²) in [5.74, 6) is -0.345. The van der Waals surface area contributed by atoms with Gasteiger partial charge in [0, 0.05) is 25.4 Å². The third kappa shape index (κ3) is 4.15. The van der Waals surface area contributed by atoms with Crippen LogP contribution in [0.2, 0.25) is 0 Å². The average molecular weight is 393 g/mol. The van der Waals surface area contributed by atoms with Gasteiger partial charge < -0.3 is 19.9 Å². The maximum Gasteiger partial charge on any atom is 0.287 e. The Balaban J connectivity index is 1.52. The Kier molecular flexibility index (Phi) is 5.58. The van der Waals surface area contributed by atoms with Gasteiger partial charge in [-0.05, 0) is 56.4 Å². The predicted octanol–water partition coefficient (Wildman–Crippen LogP) is 2.25. The molecule has 1 saturated heterocycles. The number of aromatic nitrogens is 2. The van der Waals surface area contributed by atoms with Crippen molar-refractivity contribution in [3.8, 4) is 6.07 Å². The van der Waals surface area contributed by atoms with Crippen LogP contribution in [0.5, 0.6) is 0 Å². The molecule has 2 aliphatic rings. The second-order valence-electron chi connectivity index (χ2n) is 7.33. The van der Waals surface area contributed by atoms with Gasteiger partial charge in [0.25, 0.3) is 11.8 Å². The Morgan fingerprint density at radius 2 is 2.03 bits per heavy atom. The Morgan fingerprint density at radius 3 is 2.76 bits per heavy atom. The number of carbonyl (C=O) groups excluding carboxylic acids is 2. The highest BCUT2D eigenvalue weighted by molar-refractivity contribution is 6.05. The first-order valence-electron chi connectivity index (χ1n) is 9.96. The molecule has 1 aromatic carbocycles. The first kappa shape index (κ1) is 19.2. The van der Waals surface area contributed by atoms with E-state index in [1.807, 2.05) is 10.6 Å². The molecule has 8 nitrogen and oxygen atoms in total. The smallest absolute Gasteiger partial charge is 0.287 e. The van der Waals surface area contributed by atoms with Gasteiger partial charge in [-0.3, -0.25) is 9.59 Å². The number of hydrogen-bond donors (Lipinski definition) is 2. The van der Waals surface area contributed by atoms with Crippen LogP contribution in [-0.4, -0.2) is 40.6 Å². The summed E-state index contributed by atoms with van der Waals surface area (Å²) in [6.45, 7) is 1.86. The molecule has 3 heterocycles. The molecule has 29 heavy (non-hydrogen) atoms. The highest BCUT2D eigenvalue weighted by atomic mass is 16.5. The lowest BCUT2D eigenvalue weighted by Gasteiger charge is -2.17. The van der Waals surface area contributed by atoms with Crippen molar-refractivity contribution in [3.63, 3.8) is 0 Å².